The van der Waals surface area contributed by atoms with Gasteiger partial charge < -0.3 is 5.32 Å². The first kappa shape index (κ1) is 17.1. The Morgan fingerprint density at radius 2 is 2.00 bits per heavy atom. The van der Waals surface area contributed by atoms with Gasteiger partial charge in [-0.05, 0) is 25.1 Å². The van der Waals surface area contributed by atoms with E-state index in [1.165, 1.54) is 0 Å². The van der Waals surface area contributed by atoms with Crippen LogP contribution in [0.1, 0.15) is 20.9 Å². The summed E-state index contributed by atoms with van der Waals surface area (Å²) >= 11 is 11.0. The minimum Gasteiger partial charge on any atom is -0.347 e. The summed E-state index contributed by atoms with van der Waals surface area (Å²) < 4.78 is 0.817. The molecule has 1 amide bonds. The van der Waals surface area contributed by atoms with Crippen molar-refractivity contribution in [2.75, 3.05) is 0 Å². The minimum absolute atomic E-state index is 0.199. The first-order valence-electron chi connectivity index (χ1n) is 7.29. The van der Waals surface area contributed by atoms with Crippen LogP contribution in [0.2, 0.25) is 5.02 Å². The summed E-state index contributed by atoms with van der Waals surface area (Å²) in [6.45, 7) is 2.38. The summed E-state index contributed by atoms with van der Waals surface area (Å²) in [6.07, 6.45) is 0. The fraction of sp³-hybridized carbons (Fsp3) is 0.111. The predicted octanol–water partition coefficient (Wildman–Crippen LogP) is 5.46. The third kappa shape index (κ3) is 3.86. The van der Waals surface area contributed by atoms with Crippen LogP contribution >= 0.6 is 38.9 Å². The molecule has 3 nitrogen and oxygen atoms in total. The van der Waals surface area contributed by atoms with Crippen molar-refractivity contribution in [3.8, 4) is 10.6 Å². The van der Waals surface area contributed by atoms with E-state index < -0.39 is 0 Å². The molecule has 0 aliphatic rings. The van der Waals surface area contributed by atoms with Crippen molar-refractivity contribution in [2.24, 2.45) is 0 Å². The summed E-state index contributed by atoms with van der Waals surface area (Å²) in [5.41, 5.74) is 2.47. The molecule has 3 rings (SSSR count). The van der Waals surface area contributed by atoms with Gasteiger partial charge in [0.1, 0.15) is 5.01 Å². The van der Waals surface area contributed by atoms with Crippen LogP contribution in [0.4, 0.5) is 0 Å². The van der Waals surface area contributed by atoms with E-state index in [4.69, 9.17) is 11.6 Å². The zero-order chi connectivity index (χ0) is 17.1. The van der Waals surface area contributed by atoms with Crippen LogP contribution < -0.4 is 5.32 Å². The highest BCUT2D eigenvalue weighted by Gasteiger charge is 2.13. The number of aromatic nitrogens is 1. The van der Waals surface area contributed by atoms with Crippen molar-refractivity contribution < 1.29 is 4.79 Å². The Morgan fingerprint density at radius 3 is 2.75 bits per heavy atom. The van der Waals surface area contributed by atoms with Gasteiger partial charge in [0.05, 0.1) is 22.8 Å². The van der Waals surface area contributed by atoms with Crippen LogP contribution in [-0.4, -0.2) is 10.9 Å². The summed E-state index contributed by atoms with van der Waals surface area (Å²) in [7, 11) is 0. The SMILES string of the molecule is Cc1nc(-c2ccccc2)sc1CNC(=O)c1cc(Br)ccc1Cl. The lowest BCUT2D eigenvalue weighted by Crippen LogP contribution is -2.23. The number of rotatable bonds is 4. The van der Waals surface area contributed by atoms with Gasteiger partial charge in [0.25, 0.3) is 5.91 Å². The second kappa shape index (κ2) is 7.47. The van der Waals surface area contributed by atoms with Gasteiger partial charge in [-0.1, -0.05) is 57.9 Å². The van der Waals surface area contributed by atoms with Gasteiger partial charge in [0, 0.05) is 14.9 Å². The van der Waals surface area contributed by atoms with Gasteiger partial charge in [0.2, 0.25) is 0 Å². The Hall–Kier alpha value is -1.69. The van der Waals surface area contributed by atoms with Crippen molar-refractivity contribution in [3.05, 3.63) is 74.2 Å². The lowest BCUT2D eigenvalue weighted by atomic mass is 10.2. The van der Waals surface area contributed by atoms with E-state index >= 15 is 0 Å². The number of hydrogen-bond donors (Lipinski definition) is 1. The van der Waals surface area contributed by atoms with Crippen LogP contribution in [0.3, 0.4) is 0 Å². The lowest BCUT2D eigenvalue weighted by molar-refractivity contribution is 0.0951. The van der Waals surface area contributed by atoms with Crippen molar-refractivity contribution in [1.29, 1.82) is 0 Å². The van der Waals surface area contributed by atoms with E-state index in [0.717, 1.165) is 25.6 Å². The molecule has 24 heavy (non-hydrogen) atoms. The van der Waals surface area contributed by atoms with E-state index in [0.29, 0.717) is 17.1 Å². The third-order valence-corrected chi connectivity index (χ3v) is 5.53. The largest absolute Gasteiger partial charge is 0.347 e. The average molecular weight is 422 g/mol. The molecule has 1 heterocycles. The van der Waals surface area contributed by atoms with E-state index in [-0.39, 0.29) is 5.91 Å². The lowest BCUT2D eigenvalue weighted by Gasteiger charge is -2.06. The molecule has 0 aliphatic heterocycles. The number of nitrogens with zero attached hydrogens (tertiary/aromatic N) is 1. The van der Waals surface area contributed by atoms with Crippen molar-refractivity contribution in [3.63, 3.8) is 0 Å². The number of carbonyl (C=O) groups excluding carboxylic acids is 1. The number of aryl methyl sites for hydroxylation is 1. The zero-order valence-corrected chi connectivity index (χ0v) is 16.0. The summed E-state index contributed by atoms with van der Waals surface area (Å²) in [4.78, 5) is 18.0. The molecule has 1 aromatic heterocycles. The molecule has 0 saturated heterocycles. The number of nitrogens with one attached hydrogen (secondary N) is 1. The number of amides is 1. The number of carbonyl (C=O) groups is 1. The highest BCUT2D eigenvalue weighted by atomic mass is 79.9. The summed E-state index contributed by atoms with van der Waals surface area (Å²) in [6, 6.07) is 15.2. The predicted molar refractivity (Wildman–Crippen MR) is 103 cm³/mol. The zero-order valence-electron chi connectivity index (χ0n) is 12.8. The average Bonchev–Trinajstić information content (AvgIpc) is 2.96. The minimum atomic E-state index is -0.199. The van der Waals surface area contributed by atoms with E-state index in [1.807, 2.05) is 37.3 Å². The van der Waals surface area contributed by atoms with Crippen LogP contribution in [-0.2, 0) is 6.54 Å². The molecule has 0 bridgehead atoms. The summed E-state index contributed by atoms with van der Waals surface area (Å²) in [5, 5.41) is 4.30. The van der Waals surface area contributed by atoms with E-state index in [9.17, 15) is 4.79 Å². The molecule has 3 aromatic rings. The highest BCUT2D eigenvalue weighted by Crippen LogP contribution is 2.28. The first-order valence-corrected chi connectivity index (χ1v) is 9.28. The maximum absolute atomic E-state index is 12.3. The van der Waals surface area contributed by atoms with Crippen LogP contribution in [0.5, 0.6) is 0 Å². The van der Waals surface area contributed by atoms with E-state index in [1.54, 1.807) is 29.5 Å². The number of thiazole rings is 1. The molecular weight excluding hydrogens is 408 g/mol. The van der Waals surface area contributed by atoms with Gasteiger partial charge in [-0.15, -0.1) is 11.3 Å². The molecule has 2 aromatic carbocycles. The van der Waals surface area contributed by atoms with Gasteiger partial charge in [0.15, 0.2) is 0 Å². The molecule has 6 heteroatoms. The molecular formula is C18H14BrClN2OS. The highest BCUT2D eigenvalue weighted by molar-refractivity contribution is 9.10. The second-order valence-corrected chi connectivity index (χ2v) is 7.61. The molecule has 0 unspecified atom stereocenters. The second-order valence-electron chi connectivity index (χ2n) is 5.20. The monoisotopic (exact) mass is 420 g/mol. The first-order chi connectivity index (χ1) is 11.5. The Kier molecular flexibility index (Phi) is 5.33. The Bertz CT molecular complexity index is 880. The van der Waals surface area contributed by atoms with Crippen LogP contribution in [0, 0.1) is 6.92 Å². The molecule has 0 spiro atoms. The Morgan fingerprint density at radius 1 is 1.25 bits per heavy atom. The van der Waals surface area contributed by atoms with E-state index in [2.05, 4.69) is 26.2 Å². The molecule has 1 N–H and O–H groups in total. The van der Waals surface area contributed by atoms with Crippen molar-refractivity contribution in [2.45, 2.75) is 13.5 Å². The number of benzene rings is 2. The Labute approximate surface area is 157 Å². The maximum atomic E-state index is 12.3. The molecule has 0 radical (unpaired) electrons. The maximum Gasteiger partial charge on any atom is 0.253 e. The van der Waals surface area contributed by atoms with Gasteiger partial charge >= 0.3 is 0 Å². The molecule has 0 atom stereocenters. The van der Waals surface area contributed by atoms with Crippen LogP contribution in [0.15, 0.2) is 53.0 Å². The normalized spacial score (nSPS) is 10.6. The molecule has 0 fully saturated rings. The van der Waals surface area contributed by atoms with Gasteiger partial charge in [-0.25, -0.2) is 4.98 Å². The molecule has 0 aliphatic carbocycles. The van der Waals surface area contributed by atoms with Gasteiger partial charge in [-0.2, -0.15) is 0 Å². The fourth-order valence-corrected chi connectivity index (χ4v) is 3.80. The standard InChI is InChI=1S/C18H14BrClN2OS/c1-11-16(24-18(22-11)12-5-3-2-4-6-12)10-21-17(23)14-9-13(19)7-8-15(14)20/h2-9H,10H2,1H3,(H,21,23). The molecule has 0 saturated carbocycles. The number of hydrogen-bond acceptors (Lipinski definition) is 3. The number of halogens is 2. The fourth-order valence-electron chi connectivity index (χ4n) is 2.22. The molecule has 122 valence electrons. The van der Waals surface area contributed by atoms with Gasteiger partial charge in [-0.3, -0.25) is 4.79 Å². The van der Waals surface area contributed by atoms with Crippen molar-refractivity contribution >= 4 is 44.8 Å². The topological polar surface area (TPSA) is 42.0 Å². The third-order valence-electron chi connectivity index (χ3n) is 3.50. The quantitative estimate of drug-likeness (QED) is 0.607. The van der Waals surface area contributed by atoms with Crippen molar-refractivity contribution in [1.82, 2.24) is 10.3 Å². The van der Waals surface area contributed by atoms with Crippen LogP contribution in [0.25, 0.3) is 10.6 Å². The smallest absolute Gasteiger partial charge is 0.253 e. The summed E-state index contributed by atoms with van der Waals surface area (Å²) in [5.74, 6) is -0.199. The Balaban J connectivity index is 1.74.